The Hall–Kier alpha value is -3.39. The quantitative estimate of drug-likeness (QED) is 0.464. The third kappa shape index (κ3) is 4.39. The summed E-state index contributed by atoms with van der Waals surface area (Å²) in [4.78, 5) is 22.6. The van der Waals surface area contributed by atoms with Crippen molar-refractivity contribution in [3.63, 3.8) is 0 Å². The molecule has 1 aliphatic rings. The Balaban J connectivity index is 1.40. The molecule has 2 aromatic carbocycles. The maximum Gasteiger partial charge on any atom is 0.252 e. The van der Waals surface area contributed by atoms with Gasteiger partial charge in [0.2, 0.25) is 5.82 Å². The highest BCUT2D eigenvalue weighted by molar-refractivity contribution is 7.15. The van der Waals surface area contributed by atoms with Crippen molar-refractivity contribution < 1.29 is 4.79 Å². The number of aryl methyl sites for hydroxylation is 2. The second-order valence-electron chi connectivity index (χ2n) is 7.55. The van der Waals surface area contributed by atoms with Crippen molar-refractivity contribution in [2.45, 2.75) is 38.8 Å². The molecule has 0 fully saturated rings. The summed E-state index contributed by atoms with van der Waals surface area (Å²) in [5.74, 6) is 0.402. The molecule has 0 N–H and O–H groups in total. The normalized spacial score (nSPS) is 13.0. The molecule has 31 heavy (non-hydrogen) atoms. The van der Waals surface area contributed by atoms with Gasteiger partial charge in [-0.3, -0.25) is 9.69 Å². The Labute approximate surface area is 184 Å². The highest BCUT2D eigenvalue weighted by Gasteiger charge is 2.24. The standard InChI is InChI=1S/C23H22N6OS/c30-21(16-29-26-22(25-27-29)18-11-5-2-6-12-18)28(15-17-9-3-1-4-10-17)23-24-19-13-7-8-14-20(19)31-23/h1-6,9-12H,7-8,13-16H2. The third-order valence-corrected chi connectivity index (χ3v) is 6.49. The van der Waals surface area contributed by atoms with Crippen LogP contribution in [0.3, 0.4) is 0 Å². The summed E-state index contributed by atoms with van der Waals surface area (Å²) in [5.41, 5.74) is 3.07. The predicted molar refractivity (Wildman–Crippen MR) is 120 cm³/mol. The topological polar surface area (TPSA) is 76.8 Å². The summed E-state index contributed by atoms with van der Waals surface area (Å²) in [6.45, 7) is 0.475. The van der Waals surface area contributed by atoms with Gasteiger partial charge in [-0.05, 0) is 36.5 Å². The number of hydrogen-bond acceptors (Lipinski definition) is 6. The molecule has 0 spiro atoms. The molecule has 0 saturated heterocycles. The number of fused-ring (bicyclic) bond motifs is 1. The molecular weight excluding hydrogens is 408 g/mol. The molecule has 0 radical (unpaired) electrons. The molecule has 156 valence electrons. The lowest BCUT2D eigenvalue weighted by molar-refractivity contribution is -0.119. The van der Waals surface area contributed by atoms with Crippen molar-refractivity contribution in [2.24, 2.45) is 0 Å². The van der Waals surface area contributed by atoms with Crippen LogP contribution in [-0.2, 0) is 30.7 Å². The zero-order valence-electron chi connectivity index (χ0n) is 17.0. The molecule has 0 saturated carbocycles. The van der Waals surface area contributed by atoms with E-state index in [2.05, 4.69) is 15.4 Å². The molecule has 0 aliphatic heterocycles. The fourth-order valence-corrected chi connectivity index (χ4v) is 4.87. The number of carbonyl (C=O) groups is 1. The van der Waals surface area contributed by atoms with Crippen LogP contribution in [-0.4, -0.2) is 31.1 Å². The molecule has 8 heteroatoms. The van der Waals surface area contributed by atoms with E-state index in [-0.39, 0.29) is 12.5 Å². The van der Waals surface area contributed by atoms with E-state index in [9.17, 15) is 4.79 Å². The highest BCUT2D eigenvalue weighted by Crippen LogP contribution is 2.32. The maximum absolute atomic E-state index is 13.3. The van der Waals surface area contributed by atoms with Gasteiger partial charge in [0.25, 0.3) is 5.91 Å². The van der Waals surface area contributed by atoms with Crippen molar-refractivity contribution in [1.29, 1.82) is 0 Å². The van der Waals surface area contributed by atoms with E-state index in [4.69, 9.17) is 4.98 Å². The number of hydrogen-bond donors (Lipinski definition) is 0. The minimum absolute atomic E-state index is 0.0108. The third-order valence-electron chi connectivity index (χ3n) is 5.31. The first-order chi connectivity index (χ1) is 15.3. The second-order valence-corrected chi connectivity index (χ2v) is 8.61. The zero-order chi connectivity index (χ0) is 21.0. The van der Waals surface area contributed by atoms with Crippen molar-refractivity contribution >= 4 is 22.4 Å². The predicted octanol–water partition coefficient (Wildman–Crippen LogP) is 3.91. The molecule has 4 aromatic rings. The first kappa shape index (κ1) is 19.6. The van der Waals surface area contributed by atoms with Gasteiger partial charge in [0, 0.05) is 10.4 Å². The number of amides is 1. The van der Waals surface area contributed by atoms with Crippen molar-refractivity contribution in [3.8, 4) is 11.4 Å². The van der Waals surface area contributed by atoms with Gasteiger partial charge in [-0.2, -0.15) is 4.80 Å². The zero-order valence-corrected chi connectivity index (χ0v) is 17.8. The number of benzene rings is 2. The molecule has 1 amide bonds. The minimum atomic E-state index is -0.105. The molecule has 0 bridgehead atoms. The number of anilines is 1. The summed E-state index contributed by atoms with van der Waals surface area (Å²) < 4.78 is 0. The minimum Gasteiger partial charge on any atom is -0.282 e. The Bertz CT molecular complexity index is 1150. The Morgan fingerprint density at radius 1 is 1.00 bits per heavy atom. The number of aromatic nitrogens is 5. The number of tetrazole rings is 1. The van der Waals surface area contributed by atoms with Gasteiger partial charge in [0.1, 0.15) is 6.54 Å². The largest absolute Gasteiger partial charge is 0.282 e. The van der Waals surface area contributed by atoms with Crippen LogP contribution in [0.1, 0.15) is 29.0 Å². The van der Waals surface area contributed by atoms with Gasteiger partial charge in [-0.1, -0.05) is 60.7 Å². The molecule has 1 aliphatic carbocycles. The molecule has 0 atom stereocenters. The van der Waals surface area contributed by atoms with Crippen LogP contribution in [0.5, 0.6) is 0 Å². The van der Waals surface area contributed by atoms with Crippen LogP contribution >= 0.6 is 11.3 Å². The van der Waals surface area contributed by atoms with Crippen molar-refractivity contribution in [1.82, 2.24) is 25.2 Å². The molecular formula is C23H22N6OS. The number of rotatable bonds is 6. The van der Waals surface area contributed by atoms with Gasteiger partial charge in [-0.15, -0.1) is 21.5 Å². The molecule has 0 unspecified atom stereocenters. The molecule has 2 aromatic heterocycles. The molecule has 2 heterocycles. The van der Waals surface area contributed by atoms with Gasteiger partial charge >= 0.3 is 0 Å². The lowest BCUT2D eigenvalue weighted by Crippen LogP contribution is -2.34. The number of thiazole rings is 1. The van der Waals surface area contributed by atoms with Gasteiger partial charge < -0.3 is 0 Å². The van der Waals surface area contributed by atoms with Crippen molar-refractivity contribution in [2.75, 3.05) is 4.90 Å². The highest BCUT2D eigenvalue weighted by atomic mass is 32.1. The van der Waals surface area contributed by atoms with E-state index in [0.717, 1.165) is 41.2 Å². The lowest BCUT2D eigenvalue weighted by Gasteiger charge is -2.19. The second kappa shape index (κ2) is 8.77. The van der Waals surface area contributed by atoms with Gasteiger partial charge in [0.05, 0.1) is 12.2 Å². The summed E-state index contributed by atoms with van der Waals surface area (Å²) in [7, 11) is 0. The van der Waals surface area contributed by atoms with Crippen LogP contribution in [0.2, 0.25) is 0 Å². The van der Waals surface area contributed by atoms with Gasteiger partial charge in [-0.25, -0.2) is 4.98 Å². The average Bonchev–Trinajstić information content (AvgIpc) is 3.45. The fraction of sp³-hybridized carbons (Fsp3) is 0.261. The SMILES string of the molecule is O=C(Cn1nnc(-c2ccccc2)n1)N(Cc1ccccc1)c1nc2c(s1)CCCC2. The lowest BCUT2D eigenvalue weighted by atomic mass is 10.0. The van der Waals surface area contributed by atoms with E-state index in [1.165, 1.54) is 16.1 Å². The van der Waals surface area contributed by atoms with E-state index < -0.39 is 0 Å². The Kier molecular flexibility index (Phi) is 5.54. The fourth-order valence-electron chi connectivity index (χ4n) is 3.70. The van der Waals surface area contributed by atoms with E-state index >= 15 is 0 Å². The first-order valence-electron chi connectivity index (χ1n) is 10.4. The summed E-state index contributed by atoms with van der Waals surface area (Å²) in [5, 5.41) is 13.4. The summed E-state index contributed by atoms with van der Waals surface area (Å²) in [6.07, 6.45) is 4.38. The molecule has 7 nitrogen and oxygen atoms in total. The Morgan fingerprint density at radius 3 is 2.52 bits per heavy atom. The smallest absolute Gasteiger partial charge is 0.252 e. The van der Waals surface area contributed by atoms with Crippen LogP contribution in [0.25, 0.3) is 11.4 Å². The van der Waals surface area contributed by atoms with E-state index in [1.807, 2.05) is 60.7 Å². The summed E-state index contributed by atoms with van der Waals surface area (Å²) >= 11 is 1.63. The van der Waals surface area contributed by atoms with Crippen LogP contribution < -0.4 is 4.90 Å². The summed E-state index contributed by atoms with van der Waals surface area (Å²) in [6, 6.07) is 19.6. The number of nitrogens with zero attached hydrogens (tertiary/aromatic N) is 6. The maximum atomic E-state index is 13.3. The monoisotopic (exact) mass is 430 g/mol. The molecule has 5 rings (SSSR count). The van der Waals surface area contributed by atoms with Crippen LogP contribution in [0.4, 0.5) is 5.13 Å². The van der Waals surface area contributed by atoms with E-state index in [0.29, 0.717) is 12.4 Å². The first-order valence-corrected chi connectivity index (χ1v) is 11.2. The van der Waals surface area contributed by atoms with Gasteiger partial charge in [0.15, 0.2) is 5.13 Å². The van der Waals surface area contributed by atoms with Crippen LogP contribution in [0, 0.1) is 0 Å². The van der Waals surface area contributed by atoms with E-state index in [1.54, 1.807) is 16.2 Å². The Morgan fingerprint density at radius 2 is 1.74 bits per heavy atom. The number of carbonyl (C=O) groups excluding carboxylic acids is 1. The average molecular weight is 431 g/mol. The van der Waals surface area contributed by atoms with Crippen molar-refractivity contribution in [3.05, 3.63) is 76.8 Å². The van der Waals surface area contributed by atoms with Crippen LogP contribution in [0.15, 0.2) is 60.7 Å².